The van der Waals surface area contributed by atoms with E-state index in [1.807, 2.05) is 44.2 Å². The number of halogens is 1. The van der Waals surface area contributed by atoms with Crippen molar-refractivity contribution in [2.75, 3.05) is 19.0 Å². The van der Waals surface area contributed by atoms with Crippen LogP contribution in [-0.2, 0) is 13.1 Å². The summed E-state index contributed by atoms with van der Waals surface area (Å²) in [6.45, 7) is 5.86. The van der Waals surface area contributed by atoms with Crippen LogP contribution in [0.5, 0.6) is 5.75 Å². The minimum atomic E-state index is -0.285. The van der Waals surface area contributed by atoms with Crippen molar-refractivity contribution < 1.29 is 13.9 Å². The van der Waals surface area contributed by atoms with E-state index >= 15 is 0 Å². The number of aryl methyl sites for hydroxylation is 1. The zero-order valence-corrected chi connectivity index (χ0v) is 20.8. The van der Waals surface area contributed by atoms with E-state index in [1.165, 1.54) is 6.26 Å². The highest BCUT2D eigenvalue weighted by Crippen LogP contribution is 2.19. The van der Waals surface area contributed by atoms with Gasteiger partial charge in [0, 0.05) is 24.3 Å². The molecule has 0 spiro atoms. The van der Waals surface area contributed by atoms with Crippen LogP contribution in [0.2, 0.25) is 0 Å². The van der Waals surface area contributed by atoms with Crippen molar-refractivity contribution in [3.05, 3.63) is 83.3 Å². The Morgan fingerprint density at radius 1 is 1.09 bits per heavy atom. The third-order valence-electron chi connectivity index (χ3n) is 4.58. The Balaban J connectivity index is 0.00000363. The third kappa shape index (κ3) is 7.30. The summed E-state index contributed by atoms with van der Waals surface area (Å²) in [7, 11) is 1.68. The molecular formula is C24H29IN4O3. The molecule has 0 bridgehead atoms. The predicted molar refractivity (Wildman–Crippen MR) is 138 cm³/mol. The van der Waals surface area contributed by atoms with E-state index in [0.717, 1.165) is 29.0 Å². The van der Waals surface area contributed by atoms with Crippen molar-refractivity contribution in [1.29, 1.82) is 0 Å². The largest absolute Gasteiger partial charge is 0.496 e. The van der Waals surface area contributed by atoms with Crippen LogP contribution in [0.25, 0.3) is 0 Å². The minimum Gasteiger partial charge on any atom is -0.496 e. The van der Waals surface area contributed by atoms with Gasteiger partial charge in [-0.3, -0.25) is 4.79 Å². The van der Waals surface area contributed by atoms with Gasteiger partial charge in [-0.2, -0.15) is 0 Å². The molecule has 0 saturated carbocycles. The number of aliphatic imine (C=N–C) groups is 1. The summed E-state index contributed by atoms with van der Waals surface area (Å²) in [5, 5.41) is 9.43. The second kappa shape index (κ2) is 12.7. The fourth-order valence-electron chi connectivity index (χ4n) is 3.04. The van der Waals surface area contributed by atoms with Gasteiger partial charge < -0.3 is 25.1 Å². The molecule has 0 aliphatic heterocycles. The smallest absolute Gasteiger partial charge is 0.291 e. The number of nitrogens with zero attached hydrogens (tertiary/aromatic N) is 1. The first-order chi connectivity index (χ1) is 15.1. The molecule has 0 aliphatic rings. The zero-order valence-electron chi connectivity index (χ0n) is 18.5. The van der Waals surface area contributed by atoms with Crippen LogP contribution >= 0.6 is 24.0 Å². The summed E-state index contributed by atoms with van der Waals surface area (Å²) < 4.78 is 10.6. The quantitative estimate of drug-likeness (QED) is 0.216. The van der Waals surface area contributed by atoms with Gasteiger partial charge in [0.2, 0.25) is 0 Å². The molecule has 2 aromatic carbocycles. The van der Waals surface area contributed by atoms with Gasteiger partial charge in [-0.25, -0.2) is 4.99 Å². The van der Waals surface area contributed by atoms with Crippen molar-refractivity contribution >= 4 is 41.5 Å². The van der Waals surface area contributed by atoms with Crippen molar-refractivity contribution in [1.82, 2.24) is 10.6 Å². The lowest BCUT2D eigenvalue weighted by atomic mass is 10.1. The lowest BCUT2D eigenvalue weighted by molar-refractivity contribution is 0.0996. The molecule has 0 unspecified atom stereocenters. The van der Waals surface area contributed by atoms with Crippen LogP contribution in [-0.4, -0.2) is 25.5 Å². The van der Waals surface area contributed by atoms with Crippen molar-refractivity contribution in [3.8, 4) is 5.75 Å². The van der Waals surface area contributed by atoms with Gasteiger partial charge in [0.05, 0.1) is 19.9 Å². The number of anilines is 1. The Morgan fingerprint density at radius 3 is 2.66 bits per heavy atom. The van der Waals surface area contributed by atoms with E-state index in [0.29, 0.717) is 24.7 Å². The molecule has 3 aromatic rings. The average molecular weight is 548 g/mol. The van der Waals surface area contributed by atoms with Gasteiger partial charge in [0.25, 0.3) is 5.91 Å². The summed E-state index contributed by atoms with van der Waals surface area (Å²) in [6.07, 6.45) is 1.47. The average Bonchev–Trinajstić information content (AvgIpc) is 3.32. The number of ether oxygens (including phenoxy) is 1. The maximum absolute atomic E-state index is 12.2. The van der Waals surface area contributed by atoms with Gasteiger partial charge in [-0.05, 0) is 55.3 Å². The van der Waals surface area contributed by atoms with Crippen LogP contribution in [0.3, 0.4) is 0 Å². The van der Waals surface area contributed by atoms with E-state index in [1.54, 1.807) is 19.2 Å². The molecule has 32 heavy (non-hydrogen) atoms. The number of carbonyl (C=O) groups excluding carboxylic acids is 1. The Morgan fingerprint density at radius 2 is 1.94 bits per heavy atom. The summed E-state index contributed by atoms with van der Waals surface area (Å²) in [5.74, 6) is 1.54. The highest BCUT2D eigenvalue weighted by Gasteiger charge is 2.09. The first-order valence-electron chi connectivity index (χ1n) is 10.2. The minimum absolute atomic E-state index is 0. The van der Waals surface area contributed by atoms with Gasteiger partial charge in [0.15, 0.2) is 11.7 Å². The molecule has 8 heteroatoms. The summed E-state index contributed by atoms with van der Waals surface area (Å²) in [6, 6.07) is 17.0. The van der Waals surface area contributed by atoms with E-state index in [2.05, 4.69) is 33.1 Å². The Hall–Kier alpha value is -3.01. The molecule has 0 aliphatic carbocycles. The standard InChI is InChI=1S/C24H28N4O3.HI/c1-4-25-24(27-16-19-11-10-17(2)13-22(19)30-3)26-15-18-7-5-8-20(14-18)28-23(29)21-9-6-12-31-21;/h5-14H,4,15-16H2,1-3H3,(H,28,29)(H2,25,26,27);1H. The zero-order chi connectivity index (χ0) is 22.1. The van der Waals surface area contributed by atoms with Crippen LogP contribution in [0, 0.1) is 6.92 Å². The van der Waals surface area contributed by atoms with Gasteiger partial charge in [-0.15, -0.1) is 24.0 Å². The fourth-order valence-corrected chi connectivity index (χ4v) is 3.04. The molecule has 0 radical (unpaired) electrons. The Bertz CT molecular complexity index is 1040. The maximum atomic E-state index is 12.2. The number of hydrogen-bond acceptors (Lipinski definition) is 4. The molecular weight excluding hydrogens is 519 g/mol. The monoisotopic (exact) mass is 548 g/mol. The van der Waals surface area contributed by atoms with Gasteiger partial charge in [0.1, 0.15) is 5.75 Å². The normalized spacial score (nSPS) is 10.8. The first-order valence-corrected chi connectivity index (χ1v) is 10.2. The molecule has 0 atom stereocenters. The summed E-state index contributed by atoms with van der Waals surface area (Å²) in [4.78, 5) is 16.8. The number of rotatable bonds is 8. The second-order valence-corrected chi connectivity index (χ2v) is 7.00. The van der Waals surface area contributed by atoms with Crippen molar-refractivity contribution in [3.63, 3.8) is 0 Å². The van der Waals surface area contributed by atoms with Crippen molar-refractivity contribution in [2.24, 2.45) is 4.99 Å². The number of benzene rings is 2. The third-order valence-corrected chi connectivity index (χ3v) is 4.58. The lowest BCUT2D eigenvalue weighted by Crippen LogP contribution is -2.36. The Kier molecular flexibility index (Phi) is 10.1. The summed E-state index contributed by atoms with van der Waals surface area (Å²) in [5.41, 5.74) is 3.88. The molecule has 3 rings (SSSR count). The van der Waals surface area contributed by atoms with Crippen LogP contribution in [0.4, 0.5) is 5.69 Å². The number of carbonyl (C=O) groups is 1. The highest BCUT2D eigenvalue weighted by atomic mass is 127. The van der Waals surface area contributed by atoms with Crippen LogP contribution < -0.4 is 20.7 Å². The SMILES string of the molecule is CCNC(=NCc1cccc(NC(=O)c2ccco2)c1)NCc1ccc(C)cc1OC.I. The van der Waals surface area contributed by atoms with Crippen molar-refractivity contribution in [2.45, 2.75) is 26.9 Å². The number of furan rings is 1. The first kappa shape index (κ1) is 25.3. The van der Waals surface area contributed by atoms with E-state index in [-0.39, 0.29) is 35.6 Å². The lowest BCUT2D eigenvalue weighted by Gasteiger charge is -2.14. The maximum Gasteiger partial charge on any atom is 0.291 e. The van der Waals surface area contributed by atoms with E-state index in [9.17, 15) is 4.79 Å². The van der Waals surface area contributed by atoms with Gasteiger partial charge >= 0.3 is 0 Å². The summed E-state index contributed by atoms with van der Waals surface area (Å²) >= 11 is 0. The number of nitrogens with one attached hydrogen (secondary N) is 3. The predicted octanol–water partition coefficient (Wildman–Crippen LogP) is 4.72. The number of hydrogen-bond donors (Lipinski definition) is 3. The molecule has 170 valence electrons. The van der Waals surface area contributed by atoms with Gasteiger partial charge in [-0.1, -0.05) is 24.3 Å². The molecule has 0 fully saturated rings. The van der Waals surface area contributed by atoms with Crippen LogP contribution in [0.1, 0.15) is 34.2 Å². The molecule has 3 N–H and O–H groups in total. The molecule has 1 amide bonds. The van der Waals surface area contributed by atoms with Crippen LogP contribution in [0.15, 0.2) is 70.3 Å². The number of methoxy groups -OCH3 is 1. The molecule has 1 aromatic heterocycles. The molecule has 1 heterocycles. The van der Waals surface area contributed by atoms with E-state index in [4.69, 9.17) is 9.15 Å². The topological polar surface area (TPSA) is 87.9 Å². The molecule has 7 nitrogen and oxygen atoms in total. The fraction of sp³-hybridized carbons (Fsp3) is 0.250. The number of amides is 1. The number of guanidine groups is 1. The molecule has 0 saturated heterocycles. The second-order valence-electron chi connectivity index (χ2n) is 7.00. The highest BCUT2D eigenvalue weighted by molar-refractivity contribution is 14.0. The Labute approximate surface area is 205 Å². The van der Waals surface area contributed by atoms with E-state index < -0.39 is 0 Å².